The van der Waals surface area contributed by atoms with Crippen LogP contribution in [0.2, 0.25) is 0 Å². The van der Waals surface area contributed by atoms with E-state index in [9.17, 15) is 10.1 Å². The molecule has 0 saturated heterocycles. The Hall–Kier alpha value is -1.24. The Labute approximate surface area is 120 Å². The molecule has 0 spiro atoms. The molecule has 4 fully saturated rings. The molecule has 4 saturated carbocycles. The van der Waals surface area contributed by atoms with Gasteiger partial charge in [-0.2, -0.15) is 5.26 Å². The second-order valence-electron chi connectivity index (χ2n) is 7.13. The number of ether oxygens (including phenoxy) is 2. The van der Waals surface area contributed by atoms with Crippen molar-refractivity contribution in [1.82, 2.24) is 0 Å². The van der Waals surface area contributed by atoms with Crippen molar-refractivity contribution >= 4 is 6.16 Å². The van der Waals surface area contributed by atoms with Crippen molar-refractivity contribution in [2.75, 3.05) is 6.61 Å². The van der Waals surface area contributed by atoms with Crippen LogP contribution in [0.4, 0.5) is 4.79 Å². The molecule has 4 bridgehead atoms. The monoisotopic (exact) mass is 277 g/mol. The van der Waals surface area contributed by atoms with E-state index in [-0.39, 0.29) is 12.0 Å². The zero-order chi connectivity index (χ0) is 14.4. The van der Waals surface area contributed by atoms with Gasteiger partial charge in [-0.15, -0.1) is 0 Å². The number of carbonyl (C=O) groups is 1. The fraction of sp³-hybridized carbons (Fsp3) is 0.875. The molecule has 0 aromatic heterocycles. The second-order valence-corrected chi connectivity index (χ2v) is 7.13. The van der Waals surface area contributed by atoms with E-state index in [4.69, 9.17) is 9.47 Å². The van der Waals surface area contributed by atoms with Gasteiger partial charge in [0.2, 0.25) is 5.60 Å². The molecule has 4 heteroatoms. The van der Waals surface area contributed by atoms with Crippen molar-refractivity contribution in [2.24, 2.45) is 23.2 Å². The van der Waals surface area contributed by atoms with Gasteiger partial charge in [0, 0.05) is 5.41 Å². The summed E-state index contributed by atoms with van der Waals surface area (Å²) in [6, 6.07) is 2.30. The molecule has 4 rings (SSSR count). The van der Waals surface area contributed by atoms with E-state index >= 15 is 0 Å². The molecule has 4 aliphatic carbocycles. The maximum Gasteiger partial charge on any atom is 0.509 e. The van der Waals surface area contributed by atoms with Crippen molar-refractivity contribution in [3.63, 3.8) is 0 Å². The molecule has 0 amide bonds. The number of nitriles is 1. The van der Waals surface area contributed by atoms with Gasteiger partial charge in [-0.05, 0) is 70.1 Å². The molecule has 20 heavy (non-hydrogen) atoms. The SMILES string of the molecule is CCOC(=O)OC(C)(C#N)C12CC3CC(CC(C3)C1)C2. The molecule has 4 aliphatic rings. The maximum absolute atomic E-state index is 11.7. The van der Waals surface area contributed by atoms with Crippen molar-refractivity contribution in [3.05, 3.63) is 0 Å². The van der Waals surface area contributed by atoms with Crippen LogP contribution < -0.4 is 0 Å². The first-order chi connectivity index (χ1) is 9.50. The van der Waals surface area contributed by atoms with Gasteiger partial charge in [-0.3, -0.25) is 0 Å². The van der Waals surface area contributed by atoms with Crippen LogP contribution in [0.5, 0.6) is 0 Å². The van der Waals surface area contributed by atoms with Crippen molar-refractivity contribution in [3.8, 4) is 6.07 Å². The largest absolute Gasteiger partial charge is 0.509 e. The van der Waals surface area contributed by atoms with Crippen LogP contribution in [0.15, 0.2) is 0 Å². The number of hydrogen-bond acceptors (Lipinski definition) is 4. The molecular formula is C16H23NO3. The molecule has 0 heterocycles. The zero-order valence-corrected chi connectivity index (χ0v) is 12.4. The highest BCUT2D eigenvalue weighted by molar-refractivity contribution is 5.61. The molecule has 0 N–H and O–H groups in total. The summed E-state index contributed by atoms with van der Waals surface area (Å²) >= 11 is 0. The lowest BCUT2D eigenvalue weighted by Crippen LogP contribution is -2.58. The minimum atomic E-state index is -1.05. The molecule has 110 valence electrons. The highest BCUT2D eigenvalue weighted by Crippen LogP contribution is 2.64. The minimum Gasteiger partial charge on any atom is -0.435 e. The summed E-state index contributed by atoms with van der Waals surface area (Å²) in [6.07, 6.45) is 6.31. The van der Waals surface area contributed by atoms with Gasteiger partial charge in [-0.25, -0.2) is 4.79 Å². The Balaban J connectivity index is 1.85. The van der Waals surface area contributed by atoms with E-state index in [0.29, 0.717) is 0 Å². The Morgan fingerprint density at radius 2 is 1.75 bits per heavy atom. The standard InChI is InChI=1S/C16H23NO3/c1-3-19-14(18)20-15(2,10-17)16-7-11-4-12(8-16)6-13(5-11)9-16/h11-13H,3-9H2,1-2H3. The Kier molecular flexibility index (Phi) is 3.19. The molecular weight excluding hydrogens is 254 g/mol. The molecule has 4 nitrogen and oxygen atoms in total. The molecule has 0 aromatic rings. The fourth-order valence-electron chi connectivity index (χ4n) is 5.26. The van der Waals surface area contributed by atoms with Crippen molar-refractivity contribution in [2.45, 2.75) is 58.0 Å². The summed E-state index contributed by atoms with van der Waals surface area (Å²) in [5, 5.41) is 9.68. The maximum atomic E-state index is 11.7. The Morgan fingerprint density at radius 3 is 2.15 bits per heavy atom. The number of nitrogens with zero attached hydrogens (tertiary/aromatic N) is 1. The fourth-order valence-corrected chi connectivity index (χ4v) is 5.26. The molecule has 1 atom stereocenters. The van der Waals surface area contributed by atoms with E-state index in [0.717, 1.165) is 37.0 Å². The molecule has 0 aliphatic heterocycles. The summed E-state index contributed by atoms with van der Waals surface area (Å²) in [7, 11) is 0. The topological polar surface area (TPSA) is 59.3 Å². The van der Waals surface area contributed by atoms with Gasteiger partial charge in [0.05, 0.1) is 6.61 Å². The van der Waals surface area contributed by atoms with Crippen LogP contribution >= 0.6 is 0 Å². The van der Waals surface area contributed by atoms with E-state index in [1.807, 2.05) is 0 Å². The van der Waals surface area contributed by atoms with E-state index < -0.39 is 11.8 Å². The van der Waals surface area contributed by atoms with Crippen LogP contribution in [0.1, 0.15) is 52.4 Å². The Bertz CT molecular complexity index is 418. The summed E-state index contributed by atoms with van der Waals surface area (Å²) in [5.41, 5.74) is -1.20. The van der Waals surface area contributed by atoms with Gasteiger partial charge in [-0.1, -0.05) is 0 Å². The van der Waals surface area contributed by atoms with E-state index in [1.54, 1.807) is 13.8 Å². The average Bonchev–Trinajstić information content (AvgIpc) is 2.37. The van der Waals surface area contributed by atoms with Gasteiger partial charge in [0.25, 0.3) is 0 Å². The third kappa shape index (κ3) is 1.99. The van der Waals surface area contributed by atoms with Crippen LogP contribution in [0.25, 0.3) is 0 Å². The zero-order valence-electron chi connectivity index (χ0n) is 12.4. The average molecular weight is 277 g/mol. The third-order valence-electron chi connectivity index (χ3n) is 5.81. The predicted molar refractivity (Wildman–Crippen MR) is 72.7 cm³/mol. The van der Waals surface area contributed by atoms with E-state index in [2.05, 4.69) is 6.07 Å². The number of carbonyl (C=O) groups excluding carboxylic acids is 1. The first-order valence-electron chi connectivity index (χ1n) is 7.77. The third-order valence-corrected chi connectivity index (χ3v) is 5.81. The lowest BCUT2D eigenvalue weighted by molar-refractivity contribution is -0.155. The molecule has 0 aromatic carbocycles. The van der Waals surface area contributed by atoms with Gasteiger partial charge < -0.3 is 9.47 Å². The highest BCUT2D eigenvalue weighted by atomic mass is 16.7. The number of rotatable bonds is 3. The van der Waals surface area contributed by atoms with Gasteiger partial charge in [0.1, 0.15) is 6.07 Å². The van der Waals surface area contributed by atoms with Crippen molar-refractivity contribution in [1.29, 1.82) is 5.26 Å². The summed E-state index contributed by atoms with van der Waals surface area (Å²) in [6.45, 7) is 3.81. The summed E-state index contributed by atoms with van der Waals surface area (Å²) in [4.78, 5) is 11.7. The first-order valence-corrected chi connectivity index (χ1v) is 7.77. The van der Waals surface area contributed by atoms with Gasteiger partial charge >= 0.3 is 6.16 Å². The summed E-state index contributed by atoms with van der Waals surface area (Å²) in [5.74, 6) is 2.17. The van der Waals surface area contributed by atoms with E-state index in [1.165, 1.54) is 19.3 Å². The second kappa shape index (κ2) is 4.65. The van der Waals surface area contributed by atoms with Crippen LogP contribution in [-0.2, 0) is 9.47 Å². The van der Waals surface area contributed by atoms with Gasteiger partial charge in [0.15, 0.2) is 0 Å². The van der Waals surface area contributed by atoms with Crippen molar-refractivity contribution < 1.29 is 14.3 Å². The van der Waals surface area contributed by atoms with Crippen LogP contribution in [0, 0.1) is 34.5 Å². The lowest BCUT2D eigenvalue weighted by atomic mass is 9.45. The summed E-state index contributed by atoms with van der Waals surface area (Å²) < 4.78 is 10.4. The Morgan fingerprint density at radius 1 is 1.25 bits per heavy atom. The number of hydrogen-bond donors (Lipinski definition) is 0. The van der Waals surface area contributed by atoms with Crippen LogP contribution in [0.3, 0.4) is 0 Å². The molecule has 0 radical (unpaired) electrons. The highest BCUT2D eigenvalue weighted by Gasteiger charge is 2.61. The lowest BCUT2D eigenvalue weighted by Gasteiger charge is -2.60. The quantitative estimate of drug-likeness (QED) is 0.739. The minimum absolute atomic E-state index is 0.150. The van der Waals surface area contributed by atoms with Crippen LogP contribution in [-0.4, -0.2) is 18.4 Å². The first kappa shape index (κ1) is 13.7. The normalized spacial score (nSPS) is 40.8. The predicted octanol–water partition coefficient (Wildman–Crippen LogP) is 3.66. The molecule has 1 unspecified atom stereocenters. The smallest absolute Gasteiger partial charge is 0.435 e.